The molecule has 1 unspecified atom stereocenters. The van der Waals surface area contributed by atoms with E-state index in [4.69, 9.17) is 14.4 Å². The maximum atomic E-state index is 12.5. The summed E-state index contributed by atoms with van der Waals surface area (Å²) in [5, 5.41) is 14.4. The van der Waals surface area contributed by atoms with Crippen LogP contribution in [-0.2, 0) is 21.5 Å². The molecule has 0 bridgehead atoms. The number of piperidine rings is 1. The highest BCUT2D eigenvalue weighted by Gasteiger charge is 2.45. The molecule has 1 aromatic heterocycles. The van der Waals surface area contributed by atoms with Crippen molar-refractivity contribution in [1.29, 1.82) is 0 Å². The first-order valence-electron chi connectivity index (χ1n) is 12.3. The molecule has 2 N–H and O–H groups in total. The first-order valence-corrected chi connectivity index (χ1v) is 12.3. The van der Waals surface area contributed by atoms with Crippen LogP contribution in [0, 0.1) is 13.8 Å². The van der Waals surface area contributed by atoms with Crippen LogP contribution in [0.4, 0.5) is 13.2 Å². The van der Waals surface area contributed by atoms with E-state index in [0.29, 0.717) is 18.4 Å². The number of aryl methyl sites for hydroxylation is 2. The van der Waals surface area contributed by atoms with Gasteiger partial charge in [0.1, 0.15) is 5.76 Å². The van der Waals surface area contributed by atoms with E-state index in [2.05, 4.69) is 39.6 Å². The molecule has 1 aromatic carbocycles. The summed E-state index contributed by atoms with van der Waals surface area (Å²) in [5.74, 6) is -1.22. The summed E-state index contributed by atoms with van der Waals surface area (Å²) in [6.45, 7) is 7.12. The van der Waals surface area contributed by atoms with Crippen LogP contribution in [0.25, 0.3) is 0 Å². The number of rotatable bonds is 5. The number of carboxylic acids is 1. The molecule has 1 atom stereocenters. The Morgan fingerprint density at radius 2 is 1.83 bits per heavy atom. The predicted molar refractivity (Wildman–Crippen MR) is 125 cm³/mol. The SMILES string of the molecule is Cc1noc(C)c1CN1CCC2(CC1)CC(CC(=O)NC1CC1)c1ccccc12.O=C(O)C(F)(F)F. The highest BCUT2D eigenvalue weighted by atomic mass is 19.4. The average Bonchev–Trinajstić information content (AvgIpc) is 3.52. The van der Waals surface area contributed by atoms with Crippen LogP contribution >= 0.6 is 0 Å². The first kappa shape index (κ1) is 26.2. The number of aliphatic carboxylic acids is 1. The minimum Gasteiger partial charge on any atom is -0.475 e. The number of nitrogens with one attached hydrogen (secondary N) is 1. The fourth-order valence-electron chi connectivity index (χ4n) is 5.51. The quantitative estimate of drug-likeness (QED) is 0.614. The molecule has 3 aliphatic rings. The van der Waals surface area contributed by atoms with Gasteiger partial charge in [0.2, 0.25) is 5.91 Å². The van der Waals surface area contributed by atoms with Crippen LogP contribution in [0.5, 0.6) is 0 Å². The van der Waals surface area contributed by atoms with Crippen molar-refractivity contribution in [1.82, 2.24) is 15.4 Å². The minimum absolute atomic E-state index is 0.232. The summed E-state index contributed by atoms with van der Waals surface area (Å²) in [6, 6.07) is 9.33. The van der Waals surface area contributed by atoms with Crippen LogP contribution in [-0.4, -0.2) is 52.3 Å². The zero-order valence-electron chi connectivity index (χ0n) is 20.5. The van der Waals surface area contributed by atoms with Gasteiger partial charge in [-0.3, -0.25) is 9.69 Å². The van der Waals surface area contributed by atoms with Gasteiger partial charge >= 0.3 is 12.1 Å². The highest BCUT2D eigenvalue weighted by molar-refractivity contribution is 5.78. The highest BCUT2D eigenvalue weighted by Crippen LogP contribution is 2.52. The lowest BCUT2D eigenvalue weighted by molar-refractivity contribution is -0.192. The number of benzene rings is 1. The van der Waals surface area contributed by atoms with E-state index < -0.39 is 12.1 Å². The number of alkyl halides is 3. The number of hydrogen-bond donors (Lipinski definition) is 2. The number of likely N-dealkylation sites (tertiary alicyclic amines) is 1. The fraction of sp³-hybridized carbons (Fsp3) is 0.577. The van der Waals surface area contributed by atoms with Gasteiger partial charge in [-0.2, -0.15) is 13.2 Å². The number of fused-ring (bicyclic) bond motifs is 2. The second-order valence-corrected chi connectivity index (χ2v) is 10.2. The Morgan fingerprint density at radius 3 is 2.39 bits per heavy atom. The maximum absolute atomic E-state index is 12.5. The van der Waals surface area contributed by atoms with E-state index in [1.165, 1.54) is 16.7 Å². The molecule has 196 valence electrons. The molecular formula is C26H32F3N3O4. The van der Waals surface area contributed by atoms with E-state index in [-0.39, 0.29) is 11.3 Å². The Kier molecular flexibility index (Phi) is 7.45. The normalized spacial score (nSPS) is 21.0. The van der Waals surface area contributed by atoms with Gasteiger partial charge in [-0.15, -0.1) is 0 Å². The lowest BCUT2D eigenvalue weighted by Crippen LogP contribution is -2.41. The number of nitrogens with zero attached hydrogens (tertiary/aromatic N) is 2. The summed E-state index contributed by atoms with van der Waals surface area (Å²) in [7, 11) is 0. The summed E-state index contributed by atoms with van der Waals surface area (Å²) in [5.41, 5.74) is 5.40. The van der Waals surface area contributed by atoms with Gasteiger partial charge in [0, 0.05) is 24.6 Å². The largest absolute Gasteiger partial charge is 0.490 e. The number of amides is 1. The molecule has 2 heterocycles. The van der Waals surface area contributed by atoms with Crippen molar-refractivity contribution in [2.24, 2.45) is 0 Å². The Morgan fingerprint density at radius 1 is 1.19 bits per heavy atom. The fourth-order valence-corrected chi connectivity index (χ4v) is 5.51. The molecule has 1 aliphatic heterocycles. The standard InChI is InChI=1S/C24H31N3O2.C2HF3O2/c1-16-21(17(2)29-26-16)15-27-11-9-24(10-12-27)14-18(13-23(28)25-19-7-8-19)20-5-3-4-6-22(20)24;3-2(4,5)1(6)7/h3-6,18-19H,7-15H2,1-2H3,(H,25,28);(H,6,7). The van der Waals surface area contributed by atoms with Crippen molar-refractivity contribution in [3.63, 3.8) is 0 Å². The molecule has 1 saturated carbocycles. The second kappa shape index (κ2) is 10.2. The van der Waals surface area contributed by atoms with E-state index in [1.54, 1.807) is 0 Å². The van der Waals surface area contributed by atoms with Crippen molar-refractivity contribution in [3.05, 3.63) is 52.4 Å². The van der Waals surface area contributed by atoms with E-state index in [0.717, 1.165) is 63.2 Å². The van der Waals surface area contributed by atoms with E-state index >= 15 is 0 Å². The topological polar surface area (TPSA) is 95.7 Å². The van der Waals surface area contributed by atoms with Gasteiger partial charge in [-0.25, -0.2) is 4.79 Å². The zero-order valence-corrected chi connectivity index (χ0v) is 20.5. The van der Waals surface area contributed by atoms with Crippen molar-refractivity contribution < 1.29 is 32.4 Å². The van der Waals surface area contributed by atoms with Crippen molar-refractivity contribution in [2.75, 3.05) is 13.1 Å². The molecule has 0 radical (unpaired) electrons. The average molecular weight is 508 g/mol. The van der Waals surface area contributed by atoms with Crippen LogP contribution < -0.4 is 5.32 Å². The maximum Gasteiger partial charge on any atom is 0.490 e. The number of halogens is 3. The first-order chi connectivity index (χ1) is 17.0. The summed E-state index contributed by atoms with van der Waals surface area (Å²) in [4.78, 5) is 23.9. The van der Waals surface area contributed by atoms with Crippen molar-refractivity contribution in [2.45, 2.75) is 82.5 Å². The smallest absolute Gasteiger partial charge is 0.475 e. The third-order valence-corrected chi connectivity index (χ3v) is 7.60. The number of carboxylic acid groups (broad SMARTS) is 1. The number of hydrogen-bond acceptors (Lipinski definition) is 5. The third kappa shape index (κ3) is 5.91. The third-order valence-electron chi connectivity index (χ3n) is 7.60. The van der Waals surface area contributed by atoms with Gasteiger partial charge in [0.15, 0.2) is 0 Å². The Balaban J connectivity index is 0.000000384. The van der Waals surface area contributed by atoms with Crippen LogP contribution in [0.15, 0.2) is 28.8 Å². The van der Waals surface area contributed by atoms with Crippen molar-refractivity contribution in [3.8, 4) is 0 Å². The molecule has 36 heavy (non-hydrogen) atoms. The molecule has 2 fully saturated rings. The summed E-state index contributed by atoms with van der Waals surface area (Å²) >= 11 is 0. The van der Waals surface area contributed by atoms with Gasteiger partial charge in [-0.1, -0.05) is 29.4 Å². The Hall–Kier alpha value is -2.88. The van der Waals surface area contributed by atoms with Gasteiger partial charge in [-0.05, 0) is 81.5 Å². The molecule has 1 spiro atoms. The molecule has 5 rings (SSSR count). The molecule has 10 heteroatoms. The van der Waals surface area contributed by atoms with Crippen LogP contribution in [0.2, 0.25) is 0 Å². The van der Waals surface area contributed by atoms with Crippen molar-refractivity contribution >= 4 is 11.9 Å². The molecule has 2 aromatic rings. The monoisotopic (exact) mass is 507 g/mol. The summed E-state index contributed by atoms with van der Waals surface area (Å²) in [6.07, 6.45) is 1.29. The van der Waals surface area contributed by atoms with Crippen LogP contribution in [0.3, 0.4) is 0 Å². The number of carbonyl (C=O) groups excluding carboxylic acids is 1. The van der Waals surface area contributed by atoms with Gasteiger partial charge in [0.25, 0.3) is 0 Å². The lowest BCUT2D eigenvalue weighted by atomic mass is 9.73. The lowest BCUT2D eigenvalue weighted by Gasteiger charge is -2.40. The Bertz CT molecular complexity index is 1080. The van der Waals surface area contributed by atoms with Gasteiger partial charge in [0.05, 0.1) is 5.69 Å². The molecule has 1 saturated heterocycles. The minimum atomic E-state index is -5.08. The molecular weight excluding hydrogens is 475 g/mol. The predicted octanol–water partition coefficient (Wildman–Crippen LogP) is 4.61. The Labute approximate surface area is 208 Å². The zero-order chi connectivity index (χ0) is 26.1. The molecule has 2 aliphatic carbocycles. The number of aromatic nitrogens is 1. The summed E-state index contributed by atoms with van der Waals surface area (Å²) < 4.78 is 37.1. The number of carbonyl (C=O) groups is 2. The van der Waals surface area contributed by atoms with E-state index in [1.807, 2.05) is 13.8 Å². The second-order valence-electron chi connectivity index (χ2n) is 10.2. The molecule has 7 nitrogen and oxygen atoms in total. The van der Waals surface area contributed by atoms with Gasteiger partial charge < -0.3 is 14.9 Å². The van der Waals surface area contributed by atoms with Crippen LogP contribution in [0.1, 0.15) is 72.6 Å². The van der Waals surface area contributed by atoms with E-state index in [9.17, 15) is 18.0 Å². The molecule has 1 amide bonds.